The van der Waals surface area contributed by atoms with Gasteiger partial charge in [-0.05, 0) is 39.2 Å². The van der Waals surface area contributed by atoms with E-state index in [9.17, 15) is 14.7 Å². The zero-order chi connectivity index (χ0) is 26.2. The second-order valence-electron chi connectivity index (χ2n) is 11.5. The zero-order valence-electron chi connectivity index (χ0n) is 21.9. The lowest BCUT2D eigenvalue weighted by molar-refractivity contribution is -0.136. The van der Waals surface area contributed by atoms with Gasteiger partial charge in [0.05, 0.1) is 24.0 Å². The summed E-state index contributed by atoms with van der Waals surface area (Å²) in [4.78, 5) is 40.6. The predicted octanol–water partition coefficient (Wildman–Crippen LogP) is 3.58. The van der Waals surface area contributed by atoms with Crippen LogP contribution in [0.3, 0.4) is 0 Å². The lowest BCUT2D eigenvalue weighted by atomic mass is 9.94. The lowest BCUT2D eigenvalue weighted by Crippen LogP contribution is -2.55. The third-order valence-electron chi connectivity index (χ3n) is 7.73. The number of hydrogen-bond acceptors (Lipinski definition) is 6. The van der Waals surface area contributed by atoms with Crippen LogP contribution >= 0.6 is 0 Å². The van der Waals surface area contributed by atoms with Gasteiger partial charge in [0, 0.05) is 56.6 Å². The van der Waals surface area contributed by atoms with Crippen molar-refractivity contribution in [2.75, 3.05) is 32.7 Å². The van der Waals surface area contributed by atoms with E-state index in [1.807, 2.05) is 62.2 Å². The Hall–Kier alpha value is -3.20. The Morgan fingerprint density at radius 3 is 2.49 bits per heavy atom. The molecule has 37 heavy (non-hydrogen) atoms. The highest BCUT2D eigenvalue weighted by Gasteiger charge is 2.41. The van der Waals surface area contributed by atoms with Crippen molar-refractivity contribution in [3.05, 3.63) is 54.0 Å². The summed E-state index contributed by atoms with van der Waals surface area (Å²) in [5.41, 5.74) is 1.27. The molecule has 1 saturated carbocycles. The van der Waals surface area contributed by atoms with Crippen molar-refractivity contribution in [3.63, 3.8) is 0 Å². The van der Waals surface area contributed by atoms with Crippen LogP contribution in [0.2, 0.25) is 0 Å². The molecular weight excluding hydrogens is 470 g/mol. The average molecular weight is 508 g/mol. The standard InChI is InChI=1S/C28H37N5O4/c1-28(2,3)33(27(35)36)18-23(19-7-5-4-6-8-19)26(34)32-12-11-31-17-22(13-21(31)16-32)37-25-15-29-24(14-30-25)20-9-10-20/h4-8,14-15,20-23H,9-13,16-18H2,1-3H3,(H,35,36)/t21-,22+,23-/m0/s1. The van der Waals surface area contributed by atoms with Crippen LogP contribution < -0.4 is 4.74 Å². The first kappa shape index (κ1) is 25.4. The highest BCUT2D eigenvalue weighted by molar-refractivity contribution is 5.85. The molecule has 9 heteroatoms. The summed E-state index contributed by atoms with van der Waals surface area (Å²) in [6, 6.07) is 9.73. The topological polar surface area (TPSA) is 99.1 Å². The summed E-state index contributed by atoms with van der Waals surface area (Å²) >= 11 is 0. The maximum atomic E-state index is 13.9. The van der Waals surface area contributed by atoms with Crippen molar-refractivity contribution < 1.29 is 19.4 Å². The quantitative estimate of drug-likeness (QED) is 0.612. The van der Waals surface area contributed by atoms with E-state index in [-0.39, 0.29) is 24.6 Å². The van der Waals surface area contributed by atoms with E-state index < -0.39 is 17.6 Å². The van der Waals surface area contributed by atoms with Crippen LogP contribution in [-0.2, 0) is 4.79 Å². The van der Waals surface area contributed by atoms with Crippen molar-refractivity contribution in [2.45, 2.75) is 69.6 Å². The number of benzene rings is 1. The molecule has 9 nitrogen and oxygen atoms in total. The van der Waals surface area contributed by atoms with Crippen LogP contribution in [0.5, 0.6) is 5.88 Å². The first-order valence-electron chi connectivity index (χ1n) is 13.3. The maximum Gasteiger partial charge on any atom is 0.407 e. The third kappa shape index (κ3) is 5.87. The van der Waals surface area contributed by atoms with Crippen molar-refractivity contribution >= 4 is 12.0 Å². The molecule has 0 spiro atoms. The summed E-state index contributed by atoms with van der Waals surface area (Å²) in [7, 11) is 0. The molecule has 0 unspecified atom stereocenters. The zero-order valence-corrected chi connectivity index (χ0v) is 21.9. The fourth-order valence-electron chi connectivity index (χ4n) is 5.48. The van der Waals surface area contributed by atoms with Gasteiger partial charge in [-0.3, -0.25) is 14.7 Å². The number of carbonyl (C=O) groups is 2. The van der Waals surface area contributed by atoms with Gasteiger partial charge in [0.1, 0.15) is 6.10 Å². The first-order chi connectivity index (χ1) is 17.7. The molecule has 3 atom stereocenters. The van der Waals surface area contributed by atoms with Gasteiger partial charge in [0.2, 0.25) is 11.8 Å². The third-order valence-corrected chi connectivity index (χ3v) is 7.73. The summed E-state index contributed by atoms with van der Waals surface area (Å²) < 4.78 is 6.16. The fraction of sp³-hybridized carbons (Fsp3) is 0.571. The predicted molar refractivity (Wildman–Crippen MR) is 139 cm³/mol. The fourth-order valence-corrected chi connectivity index (χ4v) is 5.48. The lowest BCUT2D eigenvalue weighted by Gasteiger charge is -2.40. The molecular formula is C28H37N5O4. The van der Waals surface area contributed by atoms with E-state index in [2.05, 4.69) is 14.9 Å². The number of nitrogens with zero attached hydrogens (tertiary/aromatic N) is 5. The Labute approximate surface area is 218 Å². The summed E-state index contributed by atoms with van der Waals surface area (Å²) in [6.45, 7) is 8.48. The smallest absolute Gasteiger partial charge is 0.407 e. The Kier molecular flexibility index (Phi) is 7.07. The Morgan fingerprint density at radius 2 is 1.86 bits per heavy atom. The number of hydrogen-bond donors (Lipinski definition) is 1. The number of fused-ring (bicyclic) bond motifs is 1. The Morgan fingerprint density at radius 1 is 1.11 bits per heavy atom. The minimum absolute atomic E-state index is 0.00874. The van der Waals surface area contributed by atoms with E-state index >= 15 is 0 Å². The number of amides is 2. The highest BCUT2D eigenvalue weighted by Crippen LogP contribution is 2.38. The van der Waals surface area contributed by atoms with E-state index in [1.54, 1.807) is 6.20 Å². The second-order valence-corrected chi connectivity index (χ2v) is 11.5. The molecule has 2 saturated heterocycles. The number of piperazine rings is 1. The average Bonchev–Trinajstić information content (AvgIpc) is 3.63. The number of carbonyl (C=O) groups excluding carboxylic acids is 1. The molecule has 5 rings (SSSR count). The second kappa shape index (κ2) is 10.3. The van der Waals surface area contributed by atoms with Gasteiger partial charge in [-0.15, -0.1) is 0 Å². The van der Waals surface area contributed by atoms with Gasteiger partial charge >= 0.3 is 6.09 Å². The number of aromatic nitrogens is 2. The molecule has 2 aromatic rings. The molecule has 0 bridgehead atoms. The molecule has 2 amide bonds. The molecule has 1 aromatic carbocycles. The van der Waals surface area contributed by atoms with Crippen LogP contribution in [-0.4, -0.2) is 92.2 Å². The van der Waals surface area contributed by atoms with Gasteiger partial charge in [-0.1, -0.05) is 30.3 Å². The number of carboxylic acid groups (broad SMARTS) is 1. The van der Waals surface area contributed by atoms with Gasteiger partial charge in [0.25, 0.3) is 0 Å². The Balaban J connectivity index is 1.25. The number of rotatable bonds is 7. The van der Waals surface area contributed by atoms with Crippen LogP contribution in [0.15, 0.2) is 42.7 Å². The van der Waals surface area contributed by atoms with Gasteiger partial charge in [-0.2, -0.15) is 0 Å². The molecule has 3 heterocycles. The molecule has 3 aliphatic rings. The van der Waals surface area contributed by atoms with E-state index in [0.29, 0.717) is 24.9 Å². The van der Waals surface area contributed by atoms with Crippen molar-refractivity contribution in [3.8, 4) is 5.88 Å². The monoisotopic (exact) mass is 507 g/mol. The minimum Gasteiger partial charge on any atom is -0.472 e. The molecule has 2 aliphatic heterocycles. The van der Waals surface area contributed by atoms with Crippen LogP contribution in [0.1, 0.15) is 63.1 Å². The van der Waals surface area contributed by atoms with E-state index in [0.717, 1.165) is 30.8 Å². The largest absolute Gasteiger partial charge is 0.472 e. The number of ether oxygens (including phenoxy) is 1. The SMILES string of the molecule is CC(C)(C)N(C[C@H](C(=O)N1CCN2C[C@H](Oc3cnc(C4CC4)cn3)C[C@H]2C1)c1ccccc1)C(=O)O. The van der Waals surface area contributed by atoms with Gasteiger partial charge in [-0.25, -0.2) is 9.78 Å². The highest BCUT2D eigenvalue weighted by atomic mass is 16.5. The molecule has 1 aromatic heterocycles. The van der Waals surface area contributed by atoms with Gasteiger partial charge < -0.3 is 19.6 Å². The van der Waals surface area contributed by atoms with Crippen molar-refractivity contribution in [1.82, 2.24) is 24.7 Å². The maximum absolute atomic E-state index is 13.9. The van der Waals surface area contributed by atoms with E-state index in [4.69, 9.17) is 4.74 Å². The first-order valence-corrected chi connectivity index (χ1v) is 13.3. The van der Waals surface area contributed by atoms with Crippen LogP contribution in [0, 0.1) is 0 Å². The van der Waals surface area contributed by atoms with Crippen LogP contribution in [0.25, 0.3) is 0 Å². The molecule has 3 fully saturated rings. The normalized spacial score (nSPS) is 22.8. The van der Waals surface area contributed by atoms with Gasteiger partial charge in [0.15, 0.2) is 0 Å². The summed E-state index contributed by atoms with van der Waals surface area (Å²) in [6.07, 6.45) is 5.75. The molecule has 1 N–H and O–H groups in total. The van der Waals surface area contributed by atoms with Crippen molar-refractivity contribution in [1.29, 1.82) is 0 Å². The van der Waals surface area contributed by atoms with Crippen molar-refractivity contribution in [2.24, 2.45) is 0 Å². The Bertz CT molecular complexity index is 1100. The summed E-state index contributed by atoms with van der Waals surface area (Å²) in [5.74, 6) is 0.544. The molecule has 198 valence electrons. The molecule has 0 radical (unpaired) electrons. The van der Waals surface area contributed by atoms with E-state index in [1.165, 1.54) is 17.7 Å². The minimum atomic E-state index is -1.02. The van der Waals surface area contributed by atoms with Crippen LogP contribution in [0.4, 0.5) is 4.79 Å². The molecule has 1 aliphatic carbocycles. The summed E-state index contributed by atoms with van der Waals surface area (Å²) in [5, 5.41) is 9.89.